The molecule has 0 saturated heterocycles. The number of hydrogen-bond acceptors (Lipinski definition) is 1. The molecule has 1 aromatic carbocycles. The van der Waals surface area contributed by atoms with Gasteiger partial charge in [-0.3, -0.25) is 0 Å². The zero-order valence-electron chi connectivity index (χ0n) is 13.3. The molecule has 1 saturated carbocycles. The van der Waals surface area contributed by atoms with Crippen LogP contribution in [0.25, 0.3) is 0 Å². The fourth-order valence-electron chi connectivity index (χ4n) is 3.73. The zero-order valence-corrected chi connectivity index (χ0v) is 14.3. The maximum Gasteiger partial charge on any atom is 0.0862 e. The largest absolute Gasteiger partial charge is 0.396 e. The van der Waals surface area contributed by atoms with E-state index in [0.29, 0.717) is 12.1 Å². The van der Waals surface area contributed by atoms with Crippen molar-refractivity contribution in [2.75, 3.05) is 6.61 Å². The summed E-state index contributed by atoms with van der Waals surface area (Å²) in [6.45, 7) is 7.52. The molecule has 0 aliphatic heterocycles. The van der Waals surface area contributed by atoms with Gasteiger partial charge in [0.2, 0.25) is 0 Å². The van der Waals surface area contributed by atoms with E-state index in [1.54, 1.807) is 0 Å². The highest BCUT2D eigenvalue weighted by Crippen LogP contribution is 2.52. The molecule has 0 aromatic heterocycles. The quantitative estimate of drug-likeness (QED) is 0.562. The second-order valence-electron chi connectivity index (χ2n) is 7.03. The van der Waals surface area contributed by atoms with Gasteiger partial charge < -0.3 is 5.11 Å². The Morgan fingerprint density at radius 2 is 1.90 bits per heavy atom. The predicted molar refractivity (Wildman–Crippen MR) is 90.1 cm³/mol. The molecule has 0 heterocycles. The number of aliphatic hydroxyl groups is 1. The number of unbranched alkanes of at least 4 members (excludes halogenated alkanes) is 2. The Hall–Kier alpha value is -0.603. The maximum absolute atomic E-state index is 9.96. The van der Waals surface area contributed by atoms with Crippen LogP contribution in [0.5, 0.6) is 0 Å². The van der Waals surface area contributed by atoms with Gasteiger partial charge in [0, 0.05) is 6.61 Å². The molecule has 1 aliphatic carbocycles. The Bertz CT molecular complexity index is 401. The summed E-state index contributed by atoms with van der Waals surface area (Å²) < 4.78 is 0. The monoisotopic (exact) mass is 290 g/mol. The number of rotatable bonds is 8. The van der Waals surface area contributed by atoms with Gasteiger partial charge in [-0.1, -0.05) is 81.2 Å². The molecular weight excluding hydrogens is 260 g/mol. The Kier molecular flexibility index (Phi) is 5.45. The molecule has 112 valence electrons. The van der Waals surface area contributed by atoms with Crippen LogP contribution in [0.1, 0.15) is 39.0 Å². The highest BCUT2D eigenvalue weighted by atomic mass is 28.3. The summed E-state index contributed by atoms with van der Waals surface area (Å²) in [5.41, 5.74) is 0.538. The Labute approximate surface area is 125 Å². The molecule has 1 fully saturated rings. The van der Waals surface area contributed by atoms with Crippen LogP contribution in [0.2, 0.25) is 18.6 Å². The van der Waals surface area contributed by atoms with Gasteiger partial charge in [-0.25, -0.2) is 0 Å². The standard InChI is InChI=1S/C18H30OSi/c1-4-5-7-10-15-13-17(15)18(14-19)20(2,3)16-11-8-6-9-12-16/h6,8-9,11-12,15,17-19H,4-5,7,10,13-14H2,1-3H3/t15-,17-,18-/m0/s1. The van der Waals surface area contributed by atoms with Gasteiger partial charge in [0.15, 0.2) is 0 Å². The summed E-state index contributed by atoms with van der Waals surface area (Å²) in [4.78, 5) is 0. The average molecular weight is 291 g/mol. The molecule has 0 amide bonds. The molecule has 1 aromatic rings. The number of hydrogen-bond donors (Lipinski definition) is 1. The first-order chi connectivity index (χ1) is 9.61. The summed E-state index contributed by atoms with van der Waals surface area (Å²) in [5, 5.41) is 11.5. The van der Waals surface area contributed by atoms with E-state index >= 15 is 0 Å². The lowest BCUT2D eigenvalue weighted by Crippen LogP contribution is -2.48. The molecule has 20 heavy (non-hydrogen) atoms. The maximum atomic E-state index is 9.96. The highest BCUT2D eigenvalue weighted by molar-refractivity contribution is 6.91. The van der Waals surface area contributed by atoms with Crippen molar-refractivity contribution in [1.29, 1.82) is 0 Å². The van der Waals surface area contributed by atoms with Crippen LogP contribution in [0.3, 0.4) is 0 Å². The second-order valence-corrected chi connectivity index (χ2v) is 11.8. The van der Waals surface area contributed by atoms with E-state index < -0.39 is 8.07 Å². The third kappa shape index (κ3) is 3.53. The minimum Gasteiger partial charge on any atom is -0.396 e. The molecule has 0 unspecified atom stereocenters. The SMILES string of the molecule is CCCCC[C@H]1C[C@@H]1[C@H](CO)[Si](C)(C)c1ccccc1. The molecule has 0 bridgehead atoms. The van der Waals surface area contributed by atoms with Crippen molar-refractivity contribution in [1.82, 2.24) is 0 Å². The number of benzene rings is 1. The van der Waals surface area contributed by atoms with Crippen LogP contribution < -0.4 is 5.19 Å². The van der Waals surface area contributed by atoms with E-state index in [-0.39, 0.29) is 0 Å². The Balaban J connectivity index is 1.99. The molecule has 2 heteroatoms. The zero-order chi connectivity index (χ0) is 14.6. The average Bonchev–Trinajstić information content (AvgIpc) is 3.20. The van der Waals surface area contributed by atoms with Gasteiger partial charge in [-0.2, -0.15) is 0 Å². The summed E-state index contributed by atoms with van der Waals surface area (Å²) in [7, 11) is -1.55. The fourth-order valence-corrected chi connectivity index (χ4v) is 7.15. The molecule has 1 aliphatic rings. The van der Waals surface area contributed by atoms with Crippen molar-refractivity contribution in [2.45, 2.75) is 57.7 Å². The van der Waals surface area contributed by atoms with Crippen LogP contribution in [-0.2, 0) is 0 Å². The van der Waals surface area contributed by atoms with Gasteiger partial charge in [0.25, 0.3) is 0 Å². The number of aliphatic hydroxyl groups excluding tert-OH is 1. The summed E-state index contributed by atoms with van der Waals surface area (Å²) in [6.07, 6.45) is 6.80. The van der Waals surface area contributed by atoms with Gasteiger partial charge in [0.05, 0.1) is 8.07 Å². The van der Waals surface area contributed by atoms with Crippen LogP contribution in [0, 0.1) is 11.8 Å². The van der Waals surface area contributed by atoms with Crippen molar-refractivity contribution >= 4 is 13.3 Å². The van der Waals surface area contributed by atoms with Crippen molar-refractivity contribution in [3.63, 3.8) is 0 Å². The van der Waals surface area contributed by atoms with Crippen LogP contribution in [0.15, 0.2) is 30.3 Å². The minimum atomic E-state index is -1.55. The Morgan fingerprint density at radius 1 is 1.20 bits per heavy atom. The van der Waals surface area contributed by atoms with Crippen molar-refractivity contribution in [3.8, 4) is 0 Å². The summed E-state index contributed by atoms with van der Waals surface area (Å²) >= 11 is 0. The first-order valence-corrected chi connectivity index (χ1v) is 11.3. The molecule has 2 rings (SSSR count). The first kappa shape index (κ1) is 15.8. The van der Waals surface area contributed by atoms with Crippen molar-refractivity contribution in [2.24, 2.45) is 11.8 Å². The molecule has 1 N–H and O–H groups in total. The lowest BCUT2D eigenvalue weighted by Gasteiger charge is -2.32. The molecule has 1 nitrogen and oxygen atoms in total. The predicted octanol–water partition coefficient (Wildman–Crippen LogP) is 4.18. The third-order valence-electron chi connectivity index (χ3n) is 5.31. The van der Waals surface area contributed by atoms with E-state index in [1.165, 1.54) is 37.3 Å². The van der Waals surface area contributed by atoms with E-state index in [9.17, 15) is 5.11 Å². The molecule has 0 radical (unpaired) electrons. The van der Waals surface area contributed by atoms with Crippen LogP contribution >= 0.6 is 0 Å². The van der Waals surface area contributed by atoms with Crippen molar-refractivity contribution < 1.29 is 5.11 Å². The Morgan fingerprint density at radius 3 is 2.50 bits per heavy atom. The van der Waals surface area contributed by atoms with Crippen molar-refractivity contribution in [3.05, 3.63) is 30.3 Å². The smallest absolute Gasteiger partial charge is 0.0862 e. The minimum absolute atomic E-state index is 0.378. The summed E-state index contributed by atoms with van der Waals surface area (Å²) in [6, 6.07) is 10.9. The van der Waals surface area contributed by atoms with E-state index in [2.05, 4.69) is 50.3 Å². The molecular formula is C18H30OSi. The third-order valence-corrected chi connectivity index (χ3v) is 9.60. The van der Waals surface area contributed by atoms with Gasteiger partial charge in [0.1, 0.15) is 0 Å². The van der Waals surface area contributed by atoms with Gasteiger partial charge >= 0.3 is 0 Å². The fraction of sp³-hybridized carbons (Fsp3) is 0.667. The molecule has 0 spiro atoms. The van der Waals surface area contributed by atoms with Gasteiger partial charge in [-0.15, -0.1) is 0 Å². The second kappa shape index (κ2) is 6.90. The topological polar surface area (TPSA) is 20.2 Å². The first-order valence-electron chi connectivity index (χ1n) is 8.27. The molecule has 3 atom stereocenters. The van der Waals surface area contributed by atoms with Crippen LogP contribution in [0.4, 0.5) is 0 Å². The normalized spacial score (nSPS) is 23.6. The van der Waals surface area contributed by atoms with E-state index in [0.717, 1.165) is 11.8 Å². The van der Waals surface area contributed by atoms with E-state index in [4.69, 9.17) is 0 Å². The van der Waals surface area contributed by atoms with Gasteiger partial charge in [-0.05, 0) is 23.8 Å². The highest BCUT2D eigenvalue weighted by Gasteiger charge is 2.48. The lowest BCUT2D eigenvalue weighted by molar-refractivity contribution is 0.272. The van der Waals surface area contributed by atoms with Crippen LogP contribution in [-0.4, -0.2) is 19.8 Å². The summed E-state index contributed by atoms with van der Waals surface area (Å²) in [5.74, 6) is 1.69. The lowest BCUT2D eigenvalue weighted by atomic mass is 10.1. The van der Waals surface area contributed by atoms with E-state index in [1.807, 2.05) is 0 Å².